The molecule has 8 heteroatoms. The van der Waals surface area contributed by atoms with Gasteiger partial charge in [0.25, 0.3) is 5.91 Å². The summed E-state index contributed by atoms with van der Waals surface area (Å²) >= 11 is 1.52. The van der Waals surface area contributed by atoms with E-state index in [0.717, 1.165) is 9.88 Å². The second kappa shape index (κ2) is 5.79. The number of carbonyl (C=O) groups is 1. The van der Waals surface area contributed by atoms with E-state index in [9.17, 15) is 13.2 Å². The van der Waals surface area contributed by atoms with Crippen LogP contribution in [0.2, 0.25) is 0 Å². The first-order valence-electron chi connectivity index (χ1n) is 6.48. The van der Waals surface area contributed by atoms with E-state index in [1.807, 2.05) is 20.8 Å². The molecule has 2 rings (SSSR count). The largest absolute Gasteiger partial charge is 0.341 e. The zero-order valence-electron chi connectivity index (χ0n) is 12.5. The van der Waals surface area contributed by atoms with Crippen molar-refractivity contribution in [3.05, 3.63) is 45.9 Å². The fourth-order valence-electron chi connectivity index (χ4n) is 1.85. The van der Waals surface area contributed by atoms with Crippen molar-refractivity contribution in [3.8, 4) is 0 Å². The number of nitrogens with one attached hydrogen (secondary N) is 1. The predicted molar refractivity (Wildman–Crippen MR) is 85.2 cm³/mol. The third kappa shape index (κ3) is 3.70. The quantitative estimate of drug-likeness (QED) is 0.886. The van der Waals surface area contributed by atoms with E-state index in [1.54, 1.807) is 6.20 Å². The predicted octanol–water partition coefficient (Wildman–Crippen LogP) is 1.76. The van der Waals surface area contributed by atoms with Crippen LogP contribution < -0.4 is 10.5 Å². The molecule has 3 N–H and O–H groups in total. The second-order valence-corrected chi connectivity index (χ2v) is 8.22. The summed E-state index contributed by atoms with van der Waals surface area (Å²) in [6.45, 7) is 5.68. The van der Waals surface area contributed by atoms with Crippen LogP contribution in [0.5, 0.6) is 0 Å². The Morgan fingerprint density at radius 2 is 1.86 bits per heavy atom. The average Bonchev–Trinajstić information content (AvgIpc) is 2.85. The van der Waals surface area contributed by atoms with Crippen LogP contribution >= 0.6 is 11.3 Å². The minimum Gasteiger partial charge on any atom is -0.341 e. The molecule has 0 saturated carbocycles. The normalized spacial score (nSPS) is 12.2. The summed E-state index contributed by atoms with van der Waals surface area (Å²) in [6.07, 6.45) is 1.76. The number of aromatic nitrogens is 1. The molecule has 0 unspecified atom stereocenters. The lowest BCUT2D eigenvalue weighted by molar-refractivity contribution is 0.0912. The molecule has 2 aromatic rings. The number of carbonyl (C=O) groups excluding carboxylic acids is 1. The molecule has 1 heterocycles. The Morgan fingerprint density at radius 3 is 2.32 bits per heavy atom. The molecule has 22 heavy (non-hydrogen) atoms. The number of rotatable bonds is 4. The van der Waals surface area contributed by atoms with Crippen LogP contribution in [0.15, 0.2) is 35.4 Å². The topological polar surface area (TPSA) is 102 Å². The molecule has 0 saturated heterocycles. The van der Waals surface area contributed by atoms with Crippen molar-refractivity contribution in [2.75, 3.05) is 0 Å². The van der Waals surface area contributed by atoms with Crippen molar-refractivity contribution >= 4 is 27.3 Å². The van der Waals surface area contributed by atoms with Crippen LogP contribution in [0.25, 0.3) is 0 Å². The van der Waals surface area contributed by atoms with Gasteiger partial charge in [-0.15, -0.1) is 11.3 Å². The van der Waals surface area contributed by atoms with E-state index in [0.29, 0.717) is 5.56 Å². The number of aryl methyl sites for hydroxylation is 1. The molecule has 0 aliphatic heterocycles. The molecule has 1 aromatic heterocycles. The van der Waals surface area contributed by atoms with Gasteiger partial charge < -0.3 is 5.32 Å². The fraction of sp³-hybridized carbons (Fsp3) is 0.286. The number of thiazole rings is 1. The van der Waals surface area contributed by atoms with Gasteiger partial charge in [-0.3, -0.25) is 4.79 Å². The standard InChI is InChI=1S/C14H17N3O3S2/c1-9-8-16-13(21-9)14(2,3)17-12(18)10-4-6-11(7-5-10)22(15,19)20/h4-8H,1-3H3,(H,17,18)(H2,15,19,20). The van der Waals surface area contributed by atoms with Crippen molar-refractivity contribution in [1.29, 1.82) is 0 Å². The van der Waals surface area contributed by atoms with Crippen LogP contribution in [0.4, 0.5) is 0 Å². The van der Waals surface area contributed by atoms with Crippen LogP contribution in [-0.2, 0) is 15.6 Å². The lowest BCUT2D eigenvalue weighted by Crippen LogP contribution is -2.40. The van der Waals surface area contributed by atoms with Gasteiger partial charge in [-0.2, -0.15) is 0 Å². The number of sulfonamides is 1. The zero-order chi connectivity index (χ0) is 16.5. The Balaban J connectivity index is 2.18. The van der Waals surface area contributed by atoms with E-state index in [-0.39, 0.29) is 10.8 Å². The molecule has 0 aliphatic rings. The van der Waals surface area contributed by atoms with E-state index < -0.39 is 15.6 Å². The highest BCUT2D eigenvalue weighted by molar-refractivity contribution is 7.89. The maximum atomic E-state index is 12.3. The molecule has 1 amide bonds. The van der Waals surface area contributed by atoms with Crippen molar-refractivity contribution in [1.82, 2.24) is 10.3 Å². The highest BCUT2D eigenvalue weighted by atomic mass is 32.2. The number of benzene rings is 1. The third-order valence-corrected chi connectivity index (χ3v) is 5.19. The smallest absolute Gasteiger partial charge is 0.252 e. The summed E-state index contributed by atoms with van der Waals surface area (Å²) in [6, 6.07) is 5.48. The average molecular weight is 339 g/mol. The summed E-state index contributed by atoms with van der Waals surface area (Å²) in [5.74, 6) is -0.307. The van der Waals surface area contributed by atoms with Crippen molar-refractivity contribution in [3.63, 3.8) is 0 Å². The molecular weight excluding hydrogens is 322 g/mol. The minimum atomic E-state index is -3.76. The maximum Gasteiger partial charge on any atom is 0.252 e. The summed E-state index contributed by atoms with van der Waals surface area (Å²) in [5, 5.41) is 8.72. The van der Waals surface area contributed by atoms with E-state index >= 15 is 0 Å². The zero-order valence-corrected chi connectivity index (χ0v) is 14.1. The van der Waals surface area contributed by atoms with Crippen LogP contribution in [-0.4, -0.2) is 19.3 Å². The van der Waals surface area contributed by atoms with Gasteiger partial charge in [-0.1, -0.05) is 0 Å². The minimum absolute atomic E-state index is 0.0288. The molecular formula is C14H17N3O3S2. The van der Waals surface area contributed by atoms with E-state index in [1.165, 1.54) is 35.6 Å². The number of hydrogen-bond donors (Lipinski definition) is 2. The Hall–Kier alpha value is -1.77. The van der Waals surface area contributed by atoms with E-state index in [4.69, 9.17) is 5.14 Å². The number of primary sulfonamides is 1. The highest BCUT2D eigenvalue weighted by Crippen LogP contribution is 2.25. The maximum absolute atomic E-state index is 12.3. The molecule has 0 atom stereocenters. The van der Waals surface area contributed by atoms with Gasteiger partial charge in [0.15, 0.2) is 0 Å². The van der Waals surface area contributed by atoms with Crippen molar-refractivity contribution in [2.45, 2.75) is 31.2 Å². The fourth-order valence-corrected chi connectivity index (χ4v) is 3.19. The Morgan fingerprint density at radius 1 is 1.27 bits per heavy atom. The summed E-state index contributed by atoms with van der Waals surface area (Å²) in [7, 11) is -3.76. The first-order valence-corrected chi connectivity index (χ1v) is 8.84. The van der Waals surface area contributed by atoms with Gasteiger partial charge in [0.2, 0.25) is 10.0 Å². The molecule has 0 fully saturated rings. The van der Waals surface area contributed by atoms with Crippen molar-refractivity contribution < 1.29 is 13.2 Å². The summed E-state index contributed by atoms with van der Waals surface area (Å²) in [5.41, 5.74) is -0.261. The van der Waals surface area contributed by atoms with Gasteiger partial charge >= 0.3 is 0 Å². The van der Waals surface area contributed by atoms with Gasteiger partial charge in [-0.25, -0.2) is 18.5 Å². The molecule has 6 nitrogen and oxygen atoms in total. The van der Waals surface area contributed by atoms with Gasteiger partial charge in [0.1, 0.15) is 5.01 Å². The molecule has 1 aromatic carbocycles. The van der Waals surface area contributed by atoms with Crippen LogP contribution in [0.1, 0.15) is 34.1 Å². The van der Waals surface area contributed by atoms with Crippen molar-refractivity contribution in [2.24, 2.45) is 5.14 Å². The number of nitrogens with zero attached hydrogens (tertiary/aromatic N) is 1. The third-order valence-electron chi connectivity index (χ3n) is 3.03. The molecule has 0 aliphatic carbocycles. The number of amides is 1. The van der Waals surface area contributed by atoms with E-state index in [2.05, 4.69) is 10.3 Å². The first-order chi connectivity index (χ1) is 10.1. The Labute approximate surface area is 133 Å². The summed E-state index contributed by atoms with van der Waals surface area (Å²) in [4.78, 5) is 17.6. The first kappa shape index (κ1) is 16.6. The SMILES string of the molecule is Cc1cnc(C(C)(C)NC(=O)c2ccc(S(N)(=O)=O)cc2)s1. The van der Waals surface area contributed by atoms with Gasteiger partial charge in [-0.05, 0) is 45.0 Å². The lowest BCUT2D eigenvalue weighted by Gasteiger charge is -2.23. The molecule has 0 spiro atoms. The van der Waals surface area contributed by atoms with Crippen LogP contribution in [0.3, 0.4) is 0 Å². The number of hydrogen-bond acceptors (Lipinski definition) is 5. The van der Waals surface area contributed by atoms with Crippen LogP contribution in [0, 0.1) is 6.92 Å². The molecule has 0 radical (unpaired) electrons. The highest BCUT2D eigenvalue weighted by Gasteiger charge is 2.26. The van der Waals surface area contributed by atoms with Gasteiger partial charge in [0, 0.05) is 16.6 Å². The number of nitrogens with two attached hydrogens (primary N) is 1. The summed E-state index contributed by atoms with van der Waals surface area (Å²) < 4.78 is 22.4. The monoisotopic (exact) mass is 339 g/mol. The molecule has 118 valence electrons. The molecule has 0 bridgehead atoms. The second-order valence-electron chi connectivity index (χ2n) is 5.42. The Bertz CT molecular complexity index is 793. The van der Waals surface area contributed by atoms with Gasteiger partial charge in [0.05, 0.1) is 10.4 Å². The Kier molecular flexibility index (Phi) is 4.37. The lowest BCUT2D eigenvalue weighted by atomic mass is 10.1.